The Morgan fingerprint density at radius 3 is 2.30 bits per heavy atom. The monoisotopic (exact) mass is 277 g/mol. The third-order valence-corrected chi connectivity index (χ3v) is 4.14. The topological polar surface area (TPSA) is 48.6 Å². The Bertz CT molecular complexity index is 486. The molecule has 2 fully saturated rings. The minimum Gasteiger partial charge on any atom is -0.378 e. The lowest BCUT2D eigenvalue weighted by Crippen LogP contribution is -2.37. The molecule has 110 valence electrons. The van der Waals surface area contributed by atoms with Crippen LogP contribution >= 0.6 is 0 Å². The summed E-state index contributed by atoms with van der Waals surface area (Å²) < 4.78 is 5.38. The summed E-state index contributed by atoms with van der Waals surface area (Å²) in [6.45, 7) is 5.30. The molecule has 0 bridgehead atoms. The Labute approximate surface area is 119 Å². The third kappa shape index (κ3) is 3.15. The average Bonchev–Trinajstić information content (AvgIpc) is 2.77. The summed E-state index contributed by atoms with van der Waals surface area (Å²) in [4.78, 5) is 19.5. The molecule has 0 spiro atoms. The summed E-state index contributed by atoms with van der Waals surface area (Å²) >= 11 is 0. The maximum atomic E-state index is 11.9. The Morgan fingerprint density at radius 1 is 0.900 bits per heavy atom. The number of aromatic nitrogens is 1. The molecule has 0 amide bonds. The van der Waals surface area contributed by atoms with Crippen LogP contribution in [0, 0.1) is 0 Å². The number of nitrogens with one attached hydrogen (secondary N) is 1. The minimum atomic E-state index is -0.00626. The molecule has 0 unspecified atom stereocenters. The number of anilines is 2. The number of pyridine rings is 1. The Morgan fingerprint density at radius 2 is 1.60 bits per heavy atom. The summed E-state index contributed by atoms with van der Waals surface area (Å²) in [6, 6.07) is 3.82. The van der Waals surface area contributed by atoms with Crippen LogP contribution in [0.4, 0.5) is 11.5 Å². The van der Waals surface area contributed by atoms with Crippen molar-refractivity contribution in [2.24, 2.45) is 0 Å². The van der Waals surface area contributed by atoms with E-state index in [1.807, 2.05) is 0 Å². The maximum Gasteiger partial charge on any atom is 0.251 e. The Balaban J connectivity index is 1.83. The van der Waals surface area contributed by atoms with Gasteiger partial charge in [0, 0.05) is 44.0 Å². The molecule has 5 nitrogen and oxygen atoms in total. The lowest BCUT2D eigenvalue weighted by atomic mass is 10.2. The molecule has 0 radical (unpaired) electrons. The number of aromatic amines is 1. The molecule has 1 aromatic rings. The highest BCUT2D eigenvalue weighted by atomic mass is 16.5. The highest BCUT2D eigenvalue weighted by molar-refractivity contribution is 5.55. The molecule has 2 saturated heterocycles. The molecule has 0 aromatic carbocycles. The number of morpholine rings is 1. The van der Waals surface area contributed by atoms with Crippen LogP contribution in [0.3, 0.4) is 0 Å². The summed E-state index contributed by atoms with van der Waals surface area (Å²) in [5.41, 5.74) is 1.02. The fourth-order valence-electron chi connectivity index (χ4n) is 3.00. The van der Waals surface area contributed by atoms with Crippen molar-refractivity contribution in [1.82, 2.24) is 4.98 Å². The summed E-state index contributed by atoms with van der Waals surface area (Å²) in [6.07, 6.45) is 5.02. The molecule has 20 heavy (non-hydrogen) atoms. The Hall–Kier alpha value is -1.49. The summed E-state index contributed by atoms with van der Waals surface area (Å²) in [5.74, 6) is 0.973. The first-order chi connectivity index (χ1) is 9.83. The fraction of sp³-hybridized carbons (Fsp3) is 0.667. The predicted molar refractivity (Wildman–Crippen MR) is 80.8 cm³/mol. The van der Waals surface area contributed by atoms with Crippen LogP contribution in [0.2, 0.25) is 0 Å². The van der Waals surface area contributed by atoms with E-state index < -0.39 is 0 Å². The van der Waals surface area contributed by atoms with E-state index in [1.54, 1.807) is 6.07 Å². The van der Waals surface area contributed by atoms with E-state index >= 15 is 0 Å². The van der Waals surface area contributed by atoms with Gasteiger partial charge in [0.15, 0.2) is 0 Å². The first-order valence-corrected chi connectivity index (χ1v) is 7.65. The van der Waals surface area contributed by atoms with Gasteiger partial charge in [-0.3, -0.25) is 4.79 Å². The standard InChI is InChI=1S/C15H23N3O2/c19-15-12-13(17-7-9-20-10-8-17)11-14(16-15)18-5-3-1-2-4-6-18/h11-12H,1-10H2,(H,16,19). The normalized spacial score (nSPS) is 20.8. The third-order valence-electron chi connectivity index (χ3n) is 4.14. The molecule has 2 aliphatic heterocycles. The predicted octanol–water partition coefficient (Wildman–Crippen LogP) is 1.59. The second kappa shape index (κ2) is 6.31. The van der Waals surface area contributed by atoms with Gasteiger partial charge in [0.25, 0.3) is 5.56 Å². The van der Waals surface area contributed by atoms with E-state index in [9.17, 15) is 4.79 Å². The first kappa shape index (κ1) is 13.5. The van der Waals surface area contributed by atoms with Crippen LogP contribution < -0.4 is 15.4 Å². The molecule has 3 rings (SSSR count). The number of H-pyrrole nitrogens is 1. The van der Waals surface area contributed by atoms with Gasteiger partial charge in [-0.2, -0.15) is 0 Å². The second-order valence-electron chi connectivity index (χ2n) is 5.59. The van der Waals surface area contributed by atoms with E-state index in [1.165, 1.54) is 25.7 Å². The maximum absolute atomic E-state index is 11.9. The second-order valence-corrected chi connectivity index (χ2v) is 5.59. The molecule has 2 aliphatic rings. The molecular weight excluding hydrogens is 254 g/mol. The molecular formula is C15H23N3O2. The SMILES string of the molecule is O=c1cc(N2CCOCC2)cc(N2CCCCCC2)[nH]1. The molecule has 0 atom stereocenters. The van der Waals surface area contributed by atoms with Crippen LogP contribution in [0.1, 0.15) is 25.7 Å². The van der Waals surface area contributed by atoms with Crippen LogP contribution in [0.25, 0.3) is 0 Å². The van der Waals surface area contributed by atoms with Gasteiger partial charge in [-0.05, 0) is 12.8 Å². The van der Waals surface area contributed by atoms with Crippen molar-refractivity contribution >= 4 is 11.5 Å². The zero-order valence-corrected chi connectivity index (χ0v) is 11.9. The van der Waals surface area contributed by atoms with Crippen LogP contribution in [0.15, 0.2) is 16.9 Å². The van der Waals surface area contributed by atoms with Crippen LogP contribution in [-0.2, 0) is 4.74 Å². The minimum absolute atomic E-state index is 0.00626. The zero-order valence-electron chi connectivity index (χ0n) is 11.9. The van der Waals surface area contributed by atoms with Crippen molar-refractivity contribution in [3.8, 4) is 0 Å². The van der Waals surface area contributed by atoms with Crippen LogP contribution in [0.5, 0.6) is 0 Å². The van der Waals surface area contributed by atoms with Crippen molar-refractivity contribution in [3.63, 3.8) is 0 Å². The molecule has 0 aliphatic carbocycles. The zero-order chi connectivity index (χ0) is 13.8. The average molecular weight is 277 g/mol. The quantitative estimate of drug-likeness (QED) is 0.892. The van der Waals surface area contributed by atoms with Gasteiger partial charge in [-0.25, -0.2) is 0 Å². The smallest absolute Gasteiger partial charge is 0.251 e. The first-order valence-electron chi connectivity index (χ1n) is 7.65. The number of hydrogen-bond acceptors (Lipinski definition) is 4. The number of hydrogen-bond donors (Lipinski definition) is 1. The van der Waals surface area contributed by atoms with Crippen molar-refractivity contribution in [2.75, 3.05) is 49.2 Å². The largest absolute Gasteiger partial charge is 0.378 e. The number of rotatable bonds is 2. The van der Waals surface area contributed by atoms with Crippen molar-refractivity contribution in [2.45, 2.75) is 25.7 Å². The van der Waals surface area contributed by atoms with Crippen molar-refractivity contribution in [3.05, 3.63) is 22.5 Å². The van der Waals surface area contributed by atoms with Gasteiger partial charge in [0.05, 0.1) is 13.2 Å². The van der Waals surface area contributed by atoms with E-state index in [2.05, 4.69) is 20.9 Å². The lowest BCUT2D eigenvalue weighted by Gasteiger charge is -2.30. The summed E-state index contributed by atoms with van der Waals surface area (Å²) in [7, 11) is 0. The Kier molecular flexibility index (Phi) is 4.25. The fourth-order valence-corrected chi connectivity index (χ4v) is 3.00. The van der Waals surface area contributed by atoms with Gasteiger partial charge < -0.3 is 19.5 Å². The van der Waals surface area contributed by atoms with Crippen molar-refractivity contribution < 1.29 is 4.74 Å². The van der Waals surface area contributed by atoms with Gasteiger partial charge in [-0.15, -0.1) is 0 Å². The molecule has 1 aromatic heterocycles. The molecule has 5 heteroatoms. The molecule has 1 N–H and O–H groups in total. The highest BCUT2D eigenvalue weighted by Crippen LogP contribution is 2.21. The van der Waals surface area contributed by atoms with Gasteiger partial charge in [0.2, 0.25) is 0 Å². The van der Waals surface area contributed by atoms with E-state index in [4.69, 9.17) is 4.74 Å². The molecule has 0 saturated carbocycles. The number of ether oxygens (including phenoxy) is 1. The van der Waals surface area contributed by atoms with E-state index in [0.29, 0.717) is 0 Å². The number of nitrogens with zero attached hydrogens (tertiary/aromatic N) is 2. The summed E-state index contributed by atoms with van der Waals surface area (Å²) in [5, 5.41) is 0. The van der Waals surface area contributed by atoms with Crippen LogP contribution in [-0.4, -0.2) is 44.4 Å². The lowest BCUT2D eigenvalue weighted by molar-refractivity contribution is 0.122. The highest BCUT2D eigenvalue weighted by Gasteiger charge is 2.15. The van der Waals surface area contributed by atoms with Gasteiger partial charge in [0.1, 0.15) is 5.82 Å². The molecule has 3 heterocycles. The van der Waals surface area contributed by atoms with E-state index in [0.717, 1.165) is 50.9 Å². The van der Waals surface area contributed by atoms with Gasteiger partial charge >= 0.3 is 0 Å². The van der Waals surface area contributed by atoms with E-state index in [-0.39, 0.29) is 5.56 Å². The van der Waals surface area contributed by atoms with Gasteiger partial charge in [-0.1, -0.05) is 12.8 Å². The van der Waals surface area contributed by atoms with Crippen molar-refractivity contribution in [1.29, 1.82) is 0 Å².